The minimum atomic E-state index is -4.54. The minimum absolute atomic E-state index is 0.00135. The van der Waals surface area contributed by atoms with Gasteiger partial charge in [-0.25, -0.2) is 0 Å². The highest BCUT2D eigenvalue weighted by atomic mass is 31.2. The number of aliphatic hydroxyl groups excluding tert-OH is 1. The monoisotopic (exact) mass is 548 g/mol. The molecule has 0 aromatic carbocycles. The van der Waals surface area contributed by atoms with Crippen LogP contribution in [0.2, 0.25) is 0 Å². The van der Waals surface area contributed by atoms with Crippen LogP contribution in [0, 0.1) is 0 Å². The van der Waals surface area contributed by atoms with Crippen LogP contribution in [0.1, 0.15) is 110 Å². The summed E-state index contributed by atoms with van der Waals surface area (Å²) in [5, 5.41) is 13.3. The number of carbonyl (C=O) groups excluding carboxylic acids is 1. The number of unbranched alkanes of at least 4 members (excludes halogenated alkanes) is 12. The van der Waals surface area contributed by atoms with Crippen LogP contribution in [0.3, 0.4) is 0 Å². The maximum atomic E-state index is 12.1. The summed E-state index contributed by atoms with van der Waals surface area (Å²) in [5.74, 6) is -0.254. The van der Waals surface area contributed by atoms with Crippen molar-refractivity contribution in [2.75, 3.05) is 40.9 Å². The lowest BCUT2D eigenvalue weighted by Gasteiger charge is -2.29. The molecule has 0 aliphatic rings. The molecule has 220 valence electrons. The molecule has 0 aliphatic carbocycles. The zero-order valence-corrected chi connectivity index (χ0v) is 25.3. The van der Waals surface area contributed by atoms with Gasteiger partial charge in [-0.15, -0.1) is 0 Å². The summed E-state index contributed by atoms with van der Waals surface area (Å²) in [4.78, 5) is 24.2. The summed E-state index contributed by atoms with van der Waals surface area (Å²) < 4.78 is 22.6. The average molecular weight is 549 g/mol. The lowest BCUT2D eigenvalue weighted by Crippen LogP contribution is -2.45. The third kappa shape index (κ3) is 24.0. The number of likely N-dealkylation sites (N-methyl/N-ethyl adjacent to an activating group) is 1. The summed E-state index contributed by atoms with van der Waals surface area (Å²) in [6.45, 7) is 4.24. The van der Waals surface area contributed by atoms with Crippen molar-refractivity contribution in [2.45, 2.75) is 122 Å². The van der Waals surface area contributed by atoms with E-state index in [4.69, 9.17) is 9.05 Å². The first-order valence-electron chi connectivity index (χ1n) is 14.6. The lowest BCUT2D eigenvalue weighted by molar-refractivity contribution is -0.870. The molecule has 0 spiro atoms. The number of carbonyl (C=O) groups is 1. The fourth-order valence-corrected chi connectivity index (χ4v) is 4.56. The van der Waals surface area contributed by atoms with E-state index in [0.717, 1.165) is 19.3 Å². The third-order valence-corrected chi connectivity index (χ3v) is 7.18. The van der Waals surface area contributed by atoms with E-state index in [9.17, 15) is 19.4 Å². The first-order valence-corrected chi connectivity index (χ1v) is 16.0. The Bertz CT molecular complexity index is 639. The molecule has 3 atom stereocenters. The summed E-state index contributed by atoms with van der Waals surface area (Å²) >= 11 is 0. The molecule has 0 saturated heterocycles. The summed E-state index contributed by atoms with van der Waals surface area (Å²) in [7, 11) is 1.25. The zero-order valence-electron chi connectivity index (χ0n) is 24.4. The van der Waals surface area contributed by atoms with Gasteiger partial charge in [-0.3, -0.25) is 9.36 Å². The number of nitrogens with zero attached hydrogens (tertiary/aromatic N) is 1. The van der Waals surface area contributed by atoms with Crippen molar-refractivity contribution in [3.8, 4) is 0 Å². The van der Waals surface area contributed by atoms with E-state index in [2.05, 4.69) is 12.2 Å². The molecule has 0 heterocycles. The second kappa shape index (κ2) is 22.1. The van der Waals surface area contributed by atoms with Crippen molar-refractivity contribution in [3.05, 3.63) is 12.2 Å². The molecular formula is C28H57N2O6P. The molecule has 2 N–H and O–H groups in total. The van der Waals surface area contributed by atoms with Crippen LogP contribution in [0.4, 0.5) is 0 Å². The maximum Gasteiger partial charge on any atom is 0.268 e. The molecule has 0 saturated carbocycles. The molecule has 0 bridgehead atoms. The highest BCUT2D eigenvalue weighted by molar-refractivity contribution is 7.45. The number of rotatable bonds is 25. The molecule has 0 aromatic heterocycles. The molecule has 0 aliphatic heterocycles. The second-order valence-corrected chi connectivity index (χ2v) is 12.5. The molecule has 0 rings (SSSR count). The number of phosphoric acid groups is 1. The van der Waals surface area contributed by atoms with Crippen molar-refractivity contribution in [1.29, 1.82) is 0 Å². The van der Waals surface area contributed by atoms with Gasteiger partial charge < -0.3 is 28.8 Å². The van der Waals surface area contributed by atoms with E-state index in [1.807, 2.05) is 34.1 Å². The SMILES string of the molecule is CCCCCCCCCCCCCC/C=C/C(O)C(COP(=O)([O-])OCC[N+](C)(C)C)NC(=O)CCC. The number of hydrogen-bond acceptors (Lipinski definition) is 6. The maximum absolute atomic E-state index is 12.1. The van der Waals surface area contributed by atoms with Crippen LogP contribution < -0.4 is 10.2 Å². The highest BCUT2D eigenvalue weighted by Gasteiger charge is 2.22. The van der Waals surface area contributed by atoms with E-state index < -0.39 is 20.0 Å². The molecule has 0 radical (unpaired) electrons. The van der Waals surface area contributed by atoms with Crippen LogP contribution in [-0.2, 0) is 18.4 Å². The van der Waals surface area contributed by atoms with Gasteiger partial charge >= 0.3 is 0 Å². The van der Waals surface area contributed by atoms with Gasteiger partial charge in [-0.05, 0) is 19.3 Å². The number of amides is 1. The number of phosphoric ester groups is 1. The lowest BCUT2D eigenvalue weighted by atomic mass is 10.0. The predicted octanol–water partition coefficient (Wildman–Crippen LogP) is 5.49. The number of aliphatic hydroxyl groups is 1. The fraction of sp³-hybridized carbons (Fsp3) is 0.893. The molecule has 3 unspecified atom stereocenters. The first-order chi connectivity index (χ1) is 17.5. The normalized spacial score (nSPS) is 15.5. The van der Waals surface area contributed by atoms with Crippen LogP contribution in [0.15, 0.2) is 12.2 Å². The number of nitrogens with one attached hydrogen (secondary N) is 1. The van der Waals surface area contributed by atoms with E-state index in [1.165, 1.54) is 64.2 Å². The number of allylic oxidation sites excluding steroid dienone is 1. The Morgan fingerprint density at radius 1 is 0.919 bits per heavy atom. The van der Waals surface area contributed by atoms with Gasteiger partial charge in [0.25, 0.3) is 7.82 Å². The van der Waals surface area contributed by atoms with Crippen LogP contribution in [-0.4, -0.2) is 68.5 Å². The van der Waals surface area contributed by atoms with Gasteiger partial charge in [0.15, 0.2) is 0 Å². The Morgan fingerprint density at radius 2 is 1.46 bits per heavy atom. The molecule has 37 heavy (non-hydrogen) atoms. The Labute approximate surface area is 227 Å². The molecule has 1 amide bonds. The second-order valence-electron chi connectivity index (χ2n) is 11.1. The Kier molecular flexibility index (Phi) is 21.6. The molecule has 0 aromatic rings. The van der Waals surface area contributed by atoms with E-state index in [0.29, 0.717) is 23.9 Å². The zero-order chi connectivity index (χ0) is 28.0. The van der Waals surface area contributed by atoms with Crippen molar-refractivity contribution >= 4 is 13.7 Å². The number of hydrogen-bond donors (Lipinski definition) is 2. The van der Waals surface area contributed by atoms with Crippen molar-refractivity contribution < 1.29 is 32.9 Å². The number of quaternary nitrogens is 1. The van der Waals surface area contributed by atoms with Gasteiger partial charge in [0.1, 0.15) is 13.2 Å². The van der Waals surface area contributed by atoms with Gasteiger partial charge in [-0.2, -0.15) is 0 Å². The Morgan fingerprint density at radius 3 is 1.97 bits per heavy atom. The van der Waals surface area contributed by atoms with Crippen LogP contribution in [0.5, 0.6) is 0 Å². The first kappa shape index (κ1) is 36.2. The van der Waals surface area contributed by atoms with E-state index in [1.54, 1.807) is 6.08 Å². The third-order valence-electron chi connectivity index (χ3n) is 6.22. The molecule has 0 fully saturated rings. The Hall–Kier alpha value is -0.760. The van der Waals surface area contributed by atoms with Gasteiger partial charge in [-0.1, -0.05) is 96.6 Å². The van der Waals surface area contributed by atoms with Crippen molar-refractivity contribution in [3.63, 3.8) is 0 Å². The molecular weight excluding hydrogens is 491 g/mol. The van der Waals surface area contributed by atoms with Crippen molar-refractivity contribution in [1.82, 2.24) is 5.32 Å². The molecule has 8 nitrogen and oxygen atoms in total. The smallest absolute Gasteiger partial charge is 0.268 e. The summed E-state index contributed by atoms with van der Waals surface area (Å²) in [6, 6.07) is -0.874. The van der Waals surface area contributed by atoms with Crippen LogP contribution in [0.25, 0.3) is 0 Å². The van der Waals surface area contributed by atoms with E-state index >= 15 is 0 Å². The predicted molar refractivity (Wildman–Crippen MR) is 150 cm³/mol. The van der Waals surface area contributed by atoms with E-state index in [-0.39, 0.29) is 19.1 Å². The quantitative estimate of drug-likeness (QED) is 0.0676. The largest absolute Gasteiger partial charge is 0.756 e. The molecule has 9 heteroatoms. The fourth-order valence-electron chi connectivity index (χ4n) is 3.84. The summed E-state index contributed by atoms with van der Waals surface area (Å²) in [6.07, 6.45) is 19.7. The van der Waals surface area contributed by atoms with Gasteiger partial charge in [0.05, 0.1) is 39.9 Å². The van der Waals surface area contributed by atoms with Gasteiger partial charge in [0, 0.05) is 6.42 Å². The Balaban J connectivity index is 4.31. The summed E-state index contributed by atoms with van der Waals surface area (Å²) in [5.41, 5.74) is 0. The van der Waals surface area contributed by atoms with Crippen LogP contribution >= 0.6 is 7.82 Å². The minimum Gasteiger partial charge on any atom is -0.756 e. The topological polar surface area (TPSA) is 108 Å². The average Bonchev–Trinajstić information content (AvgIpc) is 2.81. The van der Waals surface area contributed by atoms with Crippen molar-refractivity contribution in [2.24, 2.45) is 0 Å². The highest BCUT2D eigenvalue weighted by Crippen LogP contribution is 2.38. The van der Waals surface area contributed by atoms with Gasteiger partial charge in [0.2, 0.25) is 5.91 Å². The standard InChI is InChI=1S/C28H57N2O6P/c1-6-8-9-10-11-12-13-14-15-16-17-18-19-20-22-27(31)26(29-28(32)21-7-2)25-36-37(33,34)35-24-23-30(3,4)5/h20,22,26-27,31H,6-19,21,23-25H2,1-5H3,(H-,29,32,33,34)/b22-20+.